The van der Waals surface area contributed by atoms with Crippen LogP contribution in [0.3, 0.4) is 0 Å². The van der Waals surface area contributed by atoms with E-state index >= 15 is 0 Å². The quantitative estimate of drug-likeness (QED) is 0.770. The summed E-state index contributed by atoms with van der Waals surface area (Å²) in [5.41, 5.74) is 2.74. The smallest absolute Gasteiger partial charge is 0.122 e. The van der Waals surface area contributed by atoms with E-state index in [0.29, 0.717) is 0 Å². The van der Waals surface area contributed by atoms with Gasteiger partial charge in [0.15, 0.2) is 0 Å². The molecule has 122 valence electrons. The largest absolute Gasteiger partial charge is 0.493 e. The van der Waals surface area contributed by atoms with Crippen LogP contribution in [0, 0.1) is 12.8 Å². The Kier molecular flexibility index (Phi) is 5.37. The molecule has 1 saturated carbocycles. The molecule has 0 bridgehead atoms. The molecule has 22 heavy (non-hydrogen) atoms. The Morgan fingerprint density at radius 2 is 1.91 bits per heavy atom. The molecule has 0 atom stereocenters. The summed E-state index contributed by atoms with van der Waals surface area (Å²) in [6, 6.07) is 6.65. The van der Waals surface area contributed by atoms with Crippen LogP contribution < -0.4 is 4.74 Å². The third-order valence-electron chi connectivity index (χ3n) is 4.90. The van der Waals surface area contributed by atoms with Gasteiger partial charge in [0.1, 0.15) is 5.75 Å². The minimum atomic E-state index is 0.819. The highest BCUT2D eigenvalue weighted by atomic mass is 16.5. The zero-order valence-corrected chi connectivity index (χ0v) is 14.2. The monoisotopic (exact) mass is 302 g/mol. The van der Waals surface area contributed by atoms with Gasteiger partial charge >= 0.3 is 0 Å². The summed E-state index contributed by atoms with van der Waals surface area (Å²) in [5, 5.41) is 0. The summed E-state index contributed by atoms with van der Waals surface area (Å²) < 4.78 is 6.05. The molecule has 2 aliphatic rings. The van der Waals surface area contributed by atoms with Crippen LogP contribution in [0.1, 0.15) is 30.4 Å². The van der Waals surface area contributed by atoms with E-state index in [1.54, 1.807) is 0 Å². The van der Waals surface area contributed by atoms with E-state index < -0.39 is 0 Å². The maximum Gasteiger partial charge on any atom is 0.122 e. The number of benzene rings is 1. The molecule has 0 radical (unpaired) electrons. The van der Waals surface area contributed by atoms with Crippen molar-refractivity contribution in [2.75, 3.05) is 46.4 Å². The lowest BCUT2D eigenvalue weighted by Crippen LogP contribution is -2.44. The molecule has 1 aliphatic heterocycles. The van der Waals surface area contributed by atoms with Crippen LogP contribution in [0.5, 0.6) is 5.75 Å². The first-order valence-electron chi connectivity index (χ1n) is 8.84. The second-order valence-electron chi connectivity index (χ2n) is 7.11. The first kappa shape index (κ1) is 15.8. The van der Waals surface area contributed by atoms with Gasteiger partial charge in [0.2, 0.25) is 0 Å². The van der Waals surface area contributed by atoms with Crippen LogP contribution in [0.2, 0.25) is 0 Å². The molecule has 1 aliphatic carbocycles. The first-order chi connectivity index (χ1) is 10.7. The van der Waals surface area contributed by atoms with Gasteiger partial charge in [-0.25, -0.2) is 0 Å². The Labute approximate surface area is 135 Å². The van der Waals surface area contributed by atoms with E-state index in [0.717, 1.165) is 24.7 Å². The van der Waals surface area contributed by atoms with E-state index in [-0.39, 0.29) is 0 Å². The number of hydrogen-bond donors (Lipinski definition) is 0. The van der Waals surface area contributed by atoms with Crippen LogP contribution >= 0.6 is 0 Å². The normalized spacial score (nSPS) is 20.3. The Morgan fingerprint density at radius 3 is 2.64 bits per heavy atom. The number of hydrogen-bond acceptors (Lipinski definition) is 3. The summed E-state index contributed by atoms with van der Waals surface area (Å²) in [5.74, 6) is 1.94. The number of likely N-dealkylation sites (N-methyl/N-ethyl adjacent to an activating group) is 1. The fourth-order valence-corrected chi connectivity index (χ4v) is 3.10. The van der Waals surface area contributed by atoms with Crippen molar-refractivity contribution in [1.29, 1.82) is 0 Å². The molecule has 1 heterocycles. The molecule has 0 N–H and O–H groups in total. The molecule has 0 aromatic heterocycles. The fourth-order valence-electron chi connectivity index (χ4n) is 3.10. The number of rotatable bonds is 7. The summed E-state index contributed by atoms with van der Waals surface area (Å²) in [4.78, 5) is 5.02. The van der Waals surface area contributed by atoms with Crippen molar-refractivity contribution in [3.63, 3.8) is 0 Å². The number of ether oxygens (including phenoxy) is 1. The van der Waals surface area contributed by atoms with Crippen LogP contribution in [0.15, 0.2) is 18.2 Å². The second kappa shape index (κ2) is 7.47. The Morgan fingerprint density at radius 1 is 1.14 bits per heavy atom. The molecular formula is C19H30N2O. The highest BCUT2D eigenvalue weighted by molar-refractivity contribution is 5.37. The summed E-state index contributed by atoms with van der Waals surface area (Å²) in [6.07, 6.45) is 5.07. The van der Waals surface area contributed by atoms with E-state index in [9.17, 15) is 0 Å². The molecule has 3 nitrogen and oxygen atoms in total. The third-order valence-corrected chi connectivity index (χ3v) is 4.90. The highest BCUT2D eigenvalue weighted by Crippen LogP contribution is 2.31. The maximum absolute atomic E-state index is 6.05. The van der Waals surface area contributed by atoms with Crippen molar-refractivity contribution in [3.8, 4) is 5.75 Å². The van der Waals surface area contributed by atoms with Gasteiger partial charge in [-0.15, -0.1) is 0 Å². The standard InChI is InChI=1S/C19H30N2O/c1-16-5-8-19(22-15-17-6-7-17)18(14-16)4-3-9-21-12-10-20(2)11-13-21/h5,8,14,17H,3-4,6-7,9-13,15H2,1-2H3. The lowest BCUT2D eigenvalue weighted by Gasteiger charge is -2.32. The van der Waals surface area contributed by atoms with Crippen LogP contribution in [-0.4, -0.2) is 56.2 Å². The van der Waals surface area contributed by atoms with Crippen molar-refractivity contribution in [1.82, 2.24) is 9.80 Å². The minimum Gasteiger partial charge on any atom is -0.493 e. The van der Waals surface area contributed by atoms with Crippen LogP contribution in [0.25, 0.3) is 0 Å². The summed E-state index contributed by atoms with van der Waals surface area (Å²) in [7, 11) is 2.22. The molecule has 0 amide bonds. The first-order valence-corrected chi connectivity index (χ1v) is 8.84. The lowest BCUT2D eigenvalue weighted by molar-refractivity contribution is 0.153. The lowest BCUT2D eigenvalue weighted by atomic mass is 10.1. The van der Waals surface area contributed by atoms with Gasteiger partial charge < -0.3 is 14.5 Å². The Hall–Kier alpha value is -1.06. The molecule has 3 rings (SSSR count). The third kappa shape index (κ3) is 4.72. The molecule has 1 saturated heterocycles. The molecule has 1 aromatic rings. The van der Waals surface area contributed by atoms with Crippen molar-refractivity contribution in [3.05, 3.63) is 29.3 Å². The zero-order valence-electron chi connectivity index (χ0n) is 14.2. The van der Waals surface area contributed by atoms with Gasteiger partial charge in [0.05, 0.1) is 6.61 Å². The van der Waals surface area contributed by atoms with E-state index in [1.165, 1.54) is 63.1 Å². The number of nitrogens with zero attached hydrogens (tertiary/aromatic N) is 2. The van der Waals surface area contributed by atoms with Gasteiger partial charge in [-0.3, -0.25) is 0 Å². The predicted molar refractivity (Wildman–Crippen MR) is 91.7 cm³/mol. The van der Waals surface area contributed by atoms with Crippen molar-refractivity contribution >= 4 is 0 Å². The molecule has 3 heteroatoms. The van der Waals surface area contributed by atoms with Crippen molar-refractivity contribution < 1.29 is 4.74 Å². The molecule has 1 aromatic carbocycles. The second-order valence-corrected chi connectivity index (χ2v) is 7.11. The van der Waals surface area contributed by atoms with Crippen LogP contribution in [0.4, 0.5) is 0 Å². The fraction of sp³-hybridized carbons (Fsp3) is 0.684. The number of aryl methyl sites for hydroxylation is 2. The molecule has 2 fully saturated rings. The van der Waals surface area contributed by atoms with Gasteiger partial charge in [-0.2, -0.15) is 0 Å². The zero-order chi connectivity index (χ0) is 15.4. The minimum absolute atomic E-state index is 0.819. The molecular weight excluding hydrogens is 272 g/mol. The van der Waals surface area contributed by atoms with E-state index in [4.69, 9.17) is 4.74 Å². The maximum atomic E-state index is 6.05. The Bertz CT molecular complexity index is 476. The van der Waals surface area contributed by atoms with E-state index in [1.807, 2.05) is 0 Å². The van der Waals surface area contributed by atoms with Gasteiger partial charge in [0.25, 0.3) is 0 Å². The van der Waals surface area contributed by atoms with Gasteiger partial charge in [-0.05, 0) is 63.7 Å². The van der Waals surface area contributed by atoms with E-state index in [2.05, 4.69) is 42.0 Å². The average molecular weight is 302 g/mol. The average Bonchev–Trinajstić information content (AvgIpc) is 3.33. The van der Waals surface area contributed by atoms with Crippen LogP contribution in [-0.2, 0) is 6.42 Å². The Balaban J connectivity index is 1.48. The SMILES string of the molecule is Cc1ccc(OCC2CC2)c(CCCN2CCN(C)CC2)c1. The van der Waals surface area contributed by atoms with Crippen molar-refractivity contribution in [2.24, 2.45) is 5.92 Å². The predicted octanol–water partition coefficient (Wildman–Crippen LogP) is 2.96. The number of piperazine rings is 1. The molecule has 0 unspecified atom stereocenters. The highest BCUT2D eigenvalue weighted by Gasteiger charge is 2.22. The van der Waals surface area contributed by atoms with Crippen molar-refractivity contribution in [2.45, 2.75) is 32.6 Å². The summed E-state index contributed by atoms with van der Waals surface area (Å²) >= 11 is 0. The van der Waals surface area contributed by atoms with Gasteiger partial charge in [-0.1, -0.05) is 17.7 Å². The molecule has 0 spiro atoms. The summed E-state index contributed by atoms with van der Waals surface area (Å²) in [6.45, 7) is 9.15. The topological polar surface area (TPSA) is 15.7 Å². The van der Waals surface area contributed by atoms with Gasteiger partial charge in [0, 0.05) is 26.2 Å².